The van der Waals surface area contributed by atoms with Crippen molar-refractivity contribution in [3.05, 3.63) is 16.6 Å². The molecule has 0 aromatic carbocycles. The maximum Gasteiger partial charge on any atom is 0.282 e. The minimum atomic E-state index is -0.0780. The predicted octanol–water partition coefficient (Wildman–Crippen LogP) is 0.956. The van der Waals surface area contributed by atoms with Crippen molar-refractivity contribution in [2.45, 2.75) is 4.90 Å². The third kappa shape index (κ3) is 1.76. The van der Waals surface area contributed by atoms with Crippen LogP contribution in [0.1, 0.15) is 0 Å². The molecule has 15 heavy (non-hydrogen) atoms. The number of hydrogen-bond donors (Lipinski definition) is 0. The Kier molecular flexibility index (Phi) is 2.74. The van der Waals surface area contributed by atoms with E-state index >= 15 is 0 Å². The van der Waals surface area contributed by atoms with Gasteiger partial charge in [-0.2, -0.15) is 10.2 Å². The Hall–Kier alpha value is -0.950. The molecule has 0 aliphatic carbocycles. The molecule has 0 saturated heterocycles. The Morgan fingerprint density at radius 1 is 1.47 bits per heavy atom. The second-order valence-electron chi connectivity index (χ2n) is 2.98. The standard InChI is InChI=1S/C8H10N4OS2/c1-11-5-4-9-12(2)7(13)6(5)15-8(10-11)14-3/h4H,1-3H3. The van der Waals surface area contributed by atoms with Crippen molar-refractivity contribution >= 4 is 33.6 Å². The van der Waals surface area contributed by atoms with Gasteiger partial charge < -0.3 is 0 Å². The van der Waals surface area contributed by atoms with E-state index in [4.69, 9.17) is 0 Å². The fraction of sp³-hybridized carbons (Fsp3) is 0.375. The number of nitrogens with zero attached hydrogens (tertiary/aromatic N) is 4. The number of anilines is 1. The van der Waals surface area contributed by atoms with Crippen LogP contribution in [0.25, 0.3) is 0 Å². The molecule has 1 aliphatic rings. The maximum atomic E-state index is 11.8. The molecule has 5 nitrogen and oxygen atoms in total. The summed E-state index contributed by atoms with van der Waals surface area (Å²) in [5.74, 6) is 0. The van der Waals surface area contributed by atoms with Gasteiger partial charge in [0.05, 0.1) is 11.9 Å². The van der Waals surface area contributed by atoms with Crippen LogP contribution < -0.4 is 10.6 Å². The highest BCUT2D eigenvalue weighted by Crippen LogP contribution is 2.34. The van der Waals surface area contributed by atoms with E-state index in [1.54, 1.807) is 18.3 Å². The molecule has 7 heteroatoms. The van der Waals surface area contributed by atoms with Gasteiger partial charge in [0.1, 0.15) is 4.90 Å². The van der Waals surface area contributed by atoms with Crippen molar-refractivity contribution in [2.24, 2.45) is 12.1 Å². The smallest absolute Gasteiger partial charge is 0.266 e. The molecule has 0 saturated carbocycles. The number of rotatable bonds is 0. The lowest BCUT2D eigenvalue weighted by Gasteiger charge is -2.21. The van der Waals surface area contributed by atoms with Crippen molar-refractivity contribution < 1.29 is 0 Å². The Bertz CT molecular complexity index is 482. The van der Waals surface area contributed by atoms with Gasteiger partial charge in [0.2, 0.25) is 0 Å². The summed E-state index contributed by atoms with van der Waals surface area (Å²) in [5, 5.41) is 9.95. The number of aryl methyl sites for hydroxylation is 1. The van der Waals surface area contributed by atoms with Crippen molar-refractivity contribution in [1.29, 1.82) is 0 Å². The average Bonchev–Trinajstić information content (AvgIpc) is 2.23. The van der Waals surface area contributed by atoms with Crippen LogP contribution in [-0.2, 0) is 7.05 Å². The van der Waals surface area contributed by atoms with Gasteiger partial charge in [-0.05, 0) is 6.26 Å². The SMILES string of the molecule is CSC1=NN(C)c2cnn(C)c(=O)c2S1. The molecule has 2 heterocycles. The van der Waals surface area contributed by atoms with Crippen LogP contribution in [0.15, 0.2) is 21.0 Å². The van der Waals surface area contributed by atoms with Crippen molar-refractivity contribution in [3.63, 3.8) is 0 Å². The summed E-state index contributed by atoms with van der Waals surface area (Å²) in [6.07, 6.45) is 3.60. The predicted molar refractivity (Wildman–Crippen MR) is 64.7 cm³/mol. The van der Waals surface area contributed by atoms with Gasteiger partial charge in [-0.1, -0.05) is 11.8 Å². The molecule has 0 unspecified atom stereocenters. The summed E-state index contributed by atoms with van der Waals surface area (Å²) in [7, 11) is 3.46. The minimum absolute atomic E-state index is 0.0780. The number of hydrogen-bond acceptors (Lipinski definition) is 6. The monoisotopic (exact) mass is 242 g/mol. The van der Waals surface area contributed by atoms with E-state index in [0.29, 0.717) is 4.90 Å². The summed E-state index contributed by atoms with van der Waals surface area (Å²) in [6.45, 7) is 0. The normalized spacial score (nSPS) is 14.9. The van der Waals surface area contributed by atoms with Crippen molar-refractivity contribution in [3.8, 4) is 0 Å². The van der Waals surface area contributed by atoms with Gasteiger partial charge in [0, 0.05) is 14.1 Å². The van der Waals surface area contributed by atoms with Gasteiger partial charge in [-0.15, -0.1) is 11.8 Å². The Balaban J connectivity index is 2.57. The highest BCUT2D eigenvalue weighted by atomic mass is 32.2. The molecule has 0 atom stereocenters. The fourth-order valence-corrected chi connectivity index (χ4v) is 2.84. The molecule has 0 N–H and O–H groups in total. The zero-order chi connectivity index (χ0) is 11.0. The van der Waals surface area contributed by atoms with Gasteiger partial charge >= 0.3 is 0 Å². The zero-order valence-corrected chi connectivity index (χ0v) is 10.2. The average molecular weight is 242 g/mol. The van der Waals surface area contributed by atoms with E-state index in [1.165, 1.54) is 28.2 Å². The van der Waals surface area contributed by atoms with Gasteiger partial charge in [-0.25, -0.2) is 4.68 Å². The molecule has 0 bridgehead atoms. The first-order valence-electron chi connectivity index (χ1n) is 4.24. The quantitative estimate of drug-likeness (QED) is 0.678. The van der Waals surface area contributed by atoms with Crippen LogP contribution in [0.3, 0.4) is 0 Å². The van der Waals surface area contributed by atoms with E-state index in [9.17, 15) is 4.79 Å². The maximum absolute atomic E-state index is 11.8. The molecule has 1 aromatic heterocycles. The molecule has 80 valence electrons. The van der Waals surface area contributed by atoms with Gasteiger partial charge in [-0.3, -0.25) is 9.80 Å². The number of aromatic nitrogens is 2. The lowest BCUT2D eigenvalue weighted by Crippen LogP contribution is -2.27. The summed E-state index contributed by atoms with van der Waals surface area (Å²) < 4.78 is 2.21. The van der Waals surface area contributed by atoms with Gasteiger partial charge in [0.15, 0.2) is 4.38 Å². The second kappa shape index (κ2) is 3.90. The van der Waals surface area contributed by atoms with E-state index in [1.807, 2.05) is 13.3 Å². The van der Waals surface area contributed by atoms with Crippen LogP contribution in [0.2, 0.25) is 0 Å². The Labute approximate surface area is 95.5 Å². The molecule has 1 aromatic rings. The zero-order valence-electron chi connectivity index (χ0n) is 8.59. The Morgan fingerprint density at radius 3 is 2.87 bits per heavy atom. The van der Waals surface area contributed by atoms with Crippen LogP contribution in [0.5, 0.6) is 0 Å². The lowest BCUT2D eigenvalue weighted by molar-refractivity contribution is 0.684. The molecule has 2 rings (SSSR count). The number of thioether (sulfide) groups is 2. The van der Waals surface area contributed by atoms with E-state index in [0.717, 1.165) is 10.1 Å². The second-order valence-corrected chi connectivity index (χ2v) is 5.04. The highest BCUT2D eigenvalue weighted by molar-refractivity contribution is 8.38. The van der Waals surface area contributed by atoms with Crippen LogP contribution in [-0.4, -0.2) is 27.5 Å². The summed E-state index contributed by atoms with van der Waals surface area (Å²) >= 11 is 2.93. The third-order valence-corrected chi connectivity index (χ3v) is 4.04. The summed E-state index contributed by atoms with van der Waals surface area (Å²) in [4.78, 5) is 12.5. The molecule has 0 spiro atoms. The molecule has 1 aliphatic heterocycles. The highest BCUT2D eigenvalue weighted by Gasteiger charge is 2.21. The van der Waals surface area contributed by atoms with E-state index < -0.39 is 0 Å². The van der Waals surface area contributed by atoms with Crippen LogP contribution in [0.4, 0.5) is 5.69 Å². The minimum Gasteiger partial charge on any atom is -0.266 e. The molecule has 0 amide bonds. The number of hydrazone groups is 1. The third-order valence-electron chi connectivity index (χ3n) is 2.02. The number of fused-ring (bicyclic) bond motifs is 1. The van der Waals surface area contributed by atoms with Crippen LogP contribution >= 0.6 is 23.5 Å². The van der Waals surface area contributed by atoms with Crippen molar-refractivity contribution in [1.82, 2.24) is 9.78 Å². The Morgan fingerprint density at radius 2 is 2.20 bits per heavy atom. The van der Waals surface area contributed by atoms with E-state index in [-0.39, 0.29) is 5.56 Å². The largest absolute Gasteiger partial charge is 0.282 e. The fourth-order valence-electron chi connectivity index (χ4n) is 1.20. The van der Waals surface area contributed by atoms with Gasteiger partial charge in [0.25, 0.3) is 5.56 Å². The van der Waals surface area contributed by atoms with Crippen LogP contribution in [0, 0.1) is 0 Å². The first-order valence-corrected chi connectivity index (χ1v) is 6.28. The summed E-state index contributed by atoms with van der Waals surface area (Å²) in [6, 6.07) is 0. The lowest BCUT2D eigenvalue weighted by atomic mass is 10.4. The van der Waals surface area contributed by atoms with E-state index in [2.05, 4.69) is 10.2 Å². The molecular formula is C8H10N4OS2. The summed E-state index contributed by atoms with van der Waals surface area (Å²) in [5.41, 5.74) is 0.687. The van der Waals surface area contributed by atoms with Crippen molar-refractivity contribution in [2.75, 3.05) is 18.3 Å². The molecule has 0 radical (unpaired) electrons. The molecular weight excluding hydrogens is 232 g/mol. The first kappa shape index (κ1) is 10.6. The topological polar surface area (TPSA) is 50.5 Å². The molecule has 0 fully saturated rings. The first-order chi connectivity index (χ1) is 7.13.